The lowest BCUT2D eigenvalue weighted by atomic mass is 10.0. The first-order valence-electron chi connectivity index (χ1n) is 12.7. The first-order valence-corrected chi connectivity index (χ1v) is 14.5. The van der Waals surface area contributed by atoms with E-state index in [0.29, 0.717) is 11.5 Å². The molecule has 2 amide bonds. The van der Waals surface area contributed by atoms with Crippen molar-refractivity contribution in [2.75, 3.05) is 23.9 Å². The summed E-state index contributed by atoms with van der Waals surface area (Å²) in [5.41, 5.74) is 1.96. The lowest BCUT2D eigenvalue weighted by Gasteiger charge is -2.34. The van der Waals surface area contributed by atoms with Gasteiger partial charge in [-0.1, -0.05) is 60.7 Å². The summed E-state index contributed by atoms with van der Waals surface area (Å²) in [5.74, 6) is 0.0689. The Morgan fingerprint density at radius 1 is 0.897 bits per heavy atom. The third-order valence-corrected chi connectivity index (χ3v) is 7.36. The van der Waals surface area contributed by atoms with Crippen LogP contribution in [0.3, 0.4) is 0 Å². The summed E-state index contributed by atoms with van der Waals surface area (Å²) in [6.45, 7) is 3.37. The molecule has 0 aromatic heterocycles. The van der Waals surface area contributed by atoms with E-state index >= 15 is 0 Å². The van der Waals surface area contributed by atoms with Crippen LogP contribution >= 0.6 is 0 Å². The number of fused-ring (bicyclic) bond motifs is 1. The van der Waals surface area contributed by atoms with Crippen molar-refractivity contribution in [3.05, 3.63) is 90.0 Å². The fourth-order valence-electron chi connectivity index (χ4n) is 4.37. The molecular formula is C29H33N3O6S. The van der Waals surface area contributed by atoms with E-state index in [0.717, 1.165) is 21.7 Å². The predicted molar refractivity (Wildman–Crippen MR) is 149 cm³/mol. The molecule has 10 heteroatoms. The molecule has 1 N–H and O–H groups in total. The summed E-state index contributed by atoms with van der Waals surface area (Å²) in [7, 11) is -3.87. The molecule has 0 spiro atoms. The van der Waals surface area contributed by atoms with Crippen molar-refractivity contribution in [3.8, 4) is 11.5 Å². The summed E-state index contributed by atoms with van der Waals surface area (Å²) < 4.78 is 37.6. The summed E-state index contributed by atoms with van der Waals surface area (Å²) in [4.78, 5) is 29.0. The number of nitrogens with zero attached hydrogens (tertiary/aromatic N) is 2. The van der Waals surface area contributed by atoms with Crippen LogP contribution in [0.1, 0.15) is 25.0 Å². The quantitative estimate of drug-likeness (QED) is 0.392. The first kappa shape index (κ1) is 28.0. The van der Waals surface area contributed by atoms with Gasteiger partial charge in [0.1, 0.15) is 12.6 Å². The number of anilines is 1. The number of hydrogen-bond acceptors (Lipinski definition) is 6. The number of carbonyl (C=O) groups excluding carboxylic acids is 2. The highest BCUT2D eigenvalue weighted by atomic mass is 32.2. The minimum Gasteiger partial charge on any atom is -0.454 e. The molecular weight excluding hydrogens is 518 g/mol. The average Bonchev–Trinajstić information content (AvgIpc) is 3.37. The number of sulfonamides is 1. The molecule has 3 aromatic rings. The van der Waals surface area contributed by atoms with Crippen molar-refractivity contribution in [3.63, 3.8) is 0 Å². The van der Waals surface area contributed by atoms with E-state index in [4.69, 9.17) is 9.47 Å². The van der Waals surface area contributed by atoms with E-state index in [2.05, 4.69) is 5.32 Å². The van der Waals surface area contributed by atoms with Gasteiger partial charge in [0.05, 0.1) is 11.9 Å². The molecule has 0 saturated heterocycles. The third kappa shape index (κ3) is 7.29. The van der Waals surface area contributed by atoms with Gasteiger partial charge in [0.15, 0.2) is 11.5 Å². The minimum absolute atomic E-state index is 0.0353. The van der Waals surface area contributed by atoms with Crippen LogP contribution in [-0.2, 0) is 32.6 Å². The molecule has 4 rings (SSSR count). The molecule has 1 aliphatic rings. The van der Waals surface area contributed by atoms with Crippen molar-refractivity contribution in [2.24, 2.45) is 0 Å². The van der Waals surface area contributed by atoms with E-state index < -0.39 is 28.5 Å². The first-order chi connectivity index (χ1) is 18.6. The second-order valence-corrected chi connectivity index (χ2v) is 11.6. The van der Waals surface area contributed by atoms with Crippen LogP contribution in [0.2, 0.25) is 0 Å². The van der Waals surface area contributed by atoms with E-state index in [1.807, 2.05) is 74.5 Å². The molecule has 9 nitrogen and oxygen atoms in total. The molecule has 0 radical (unpaired) electrons. The SMILES string of the molecule is CC(C)NC(=O)[C@H](Cc1ccccc1)N(Cc1ccccc1)C(=O)CN(c1ccc2c(c1)OCO2)S(C)(=O)=O. The lowest BCUT2D eigenvalue weighted by molar-refractivity contribution is -0.140. The van der Waals surface area contributed by atoms with Gasteiger partial charge in [0.25, 0.3) is 0 Å². The standard InChI is InChI=1S/C29H33N3O6S/c1-21(2)30-29(34)25(16-22-10-6-4-7-11-22)31(18-23-12-8-5-9-13-23)28(33)19-32(39(3,35)36)24-14-15-26-27(17-24)38-20-37-26/h4-15,17,21,25H,16,18-20H2,1-3H3,(H,30,34)/t25-/m0/s1. The Balaban J connectivity index is 1.71. The van der Waals surface area contributed by atoms with Gasteiger partial charge in [-0.15, -0.1) is 0 Å². The second-order valence-electron chi connectivity index (χ2n) is 9.68. The van der Waals surface area contributed by atoms with Crippen molar-refractivity contribution in [2.45, 2.75) is 38.9 Å². The topological polar surface area (TPSA) is 105 Å². The molecule has 1 atom stereocenters. The smallest absolute Gasteiger partial charge is 0.244 e. The highest BCUT2D eigenvalue weighted by Crippen LogP contribution is 2.36. The summed E-state index contributed by atoms with van der Waals surface area (Å²) >= 11 is 0. The van der Waals surface area contributed by atoms with E-state index in [1.54, 1.807) is 12.1 Å². The van der Waals surface area contributed by atoms with Crippen LogP contribution in [0.25, 0.3) is 0 Å². The molecule has 1 aliphatic heterocycles. The monoisotopic (exact) mass is 551 g/mol. The molecule has 0 fully saturated rings. The van der Waals surface area contributed by atoms with Gasteiger partial charge < -0.3 is 19.7 Å². The number of carbonyl (C=O) groups is 2. The second kappa shape index (κ2) is 12.2. The number of benzene rings is 3. The van der Waals surface area contributed by atoms with E-state index in [1.165, 1.54) is 11.0 Å². The Hall–Kier alpha value is -4.05. The van der Waals surface area contributed by atoms with Crippen LogP contribution in [0.4, 0.5) is 5.69 Å². The fourth-order valence-corrected chi connectivity index (χ4v) is 5.21. The van der Waals surface area contributed by atoms with Crippen molar-refractivity contribution in [1.82, 2.24) is 10.2 Å². The maximum Gasteiger partial charge on any atom is 0.244 e. The van der Waals surface area contributed by atoms with E-state index in [9.17, 15) is 18.0 Å². The zero-order valence-corrected chi connectivity index (χ0v) is 23.1. The number of ether oxygens (including phenoxy) is 2. The number of rotatable bonds is 11. The average molecular weight is 552 g/mol. The highest BCUT2D eigenvalue weighted by molar-refractivity contribution is 7.92. The van der Waals surface area contributed by atoms with Gasteiger partial charge in [-0.2, -0.15) is 0 Å². The van der Waals surface area contributed by atoms with Crippen LogP contribution < -0.4 is 19.1 Å². The summed E-state index contributed by atoms with van der Waals surface area (Å²) in [5, 5.41) is 2.93. The van der Waals surface area contributed by atoms with Crippen LogP contribution in [0.15, 0.2) is 78.9 Å². The van der Waals surface area contributed by atoms with Crippen molar-refractivity contribution in [1.29, 1.82) is 0 Å². The molecule has 3 aromatic carbocycles. The van der Waals surface area contributed by atoms with Crippen LogP contribution in [0, 0.1) is 0 Å². The van der Waals surface area contributed by atoms with Gasteiger partial charge in [-0.3, -0.25) is 13.9 Å². The Labute approximate surface area is 229 Å². The van der Waals surface area contributed by atoms with E-state index in [-0.39, 0.29) is 37.4 Å². The van der Waals surface area contributed by atoms with Gasteiger partial charge >= 0.3 is 0 Å². The molecule has 206 valence electrons. The zero-order valence-electron chi connectivity index (χ0n) is 22.2. The summed E-state index contributed by atoms with van der Waals surface area (Å²) in [6.07, 6.45) is 1.31. The molecule has 0 saturated carbocycles. The Bertz CT molecular complexity index is 1400. The van der Waals surface area contributed by atoms with Crippen LogP contribution in [-0.4, -0.2) is 56.8 Å². The molecule has 0 aliphatic carbocycles. The zero-order chi connectivity index (χ0) is 28.0. The van der Waals surface area contributed by atoms with Crippen molar-refractivity contribution >= 4 is 27.5 Å². The largest absolute Gasteiger partial charge is 0.454 e. The summed E-state index contributed by atoms with van der Waals surface area (Å²) in [6, 6.07) is 22.4. The molecule has 0 bridgehead atoms. The fraction of sp³-hybridized carbons (Fsp3) is 0.310. The maximum atomic E-state index is 14.0. The lowest BCUT2D eigenvalue weighted by Crippen LogP contribution is -2.54. The minimum atomic E-state index is -3.87. The number of hydrogen-bond donors (Lipinski definition) is 1. The molecule has 0 unspecified atom stereocenters. The van der Waals surface area contributed by atoms with Gasteiger partial charge in [-0.25, -0.2) is 8.42 Å². The van der Waals surface area contributed by atoms with Gasteiger partial charge in [0.2, 0.25) is 28.6 Å². The predicted octanol–water partition coefficient (Wildman–Crippen LogP) is 3.35. The molecule has 1 heterocycles. The van der Waals surface area contributed by atoms with Gasteiger partial charge in [-0.05, 0) is 37.1 Å². The highest BCUT2D eigenvalue weighted by Gasteiger charge is 2.33. The Kier molecular flexibility index (Phi) is 8.75. The Morgan fingerprint density at radius 3 is 2.13 bits per heavy atom. The third-order valence-electron chi connectivity index (χ3n) is 6.22. The Morgan fingerprint density at radius 2 is 1.51 bits per heavy atom. The van der Waals surface area contributed by atoms with Gasteiger partial charge in [0, 0.05) is 25.1 Å². The van der Waals surface area contributed by atoms with Crippen LogP contribution in [0.5, 0.6) is 11.5 Å². The number of amides is 2. The van der Waals surface area contributed by atoms with Crippen molar-refractivity contribution < 1.29 is 27.5 Å². The normalized spacial score (nSPS) is 13.1. The maximum absolute atomic E-state index is 14.0. The molecule has 39 heavy (non-hydrogen) atoms. The number of nitrogens with one attached hydrogen (secondary N) is 1.